The van der Waals surface area contributed by atoms with Crippen LogP contribution in [0.25, 0.3) is 5.57 Å². The summed E-state index contributed by atoms with van der Waals surface area (Å²) in [5, 5.41) is 2.49. The molecule has 0 atom stereocenters. The molecule has 0 unspecified atom stereocenters. The van der Waals surface area contributed by atoms with E-state index in [4.69, 9.17) is 0 Å². The summed E-state index contributed by atoms with van der Waals surface area (Å²) in [6, 6.07) is 30.0. The number of hydrogen-bond acceptors (Lipinski definition) is 1. The van der Waals surface area contributed by atoms with Crippen molar-refractivity contribution in [2.45, 2.75) is 0 Å². The van der Waals surface area contributed by atoms with Crippen LogP contribution in [0.15, 0.2) is 108 Å². The van der Waals surface area contributed by atoms with Gasteiger partial charge in [-0.2, -0.15) is 0 Å². The Hall–Kier alpha value is -1.59. The van der Waals surface area contributed by atoms with Crippen LogP contribution >= 0.6 is 7.14 Å². The van der Waals surface area contributed by atoms with Crippen molar-refractivity contribution < 1.29 is 38.7 Å². The second-order valence-electron chi connectivity index (χ2n) is 10.1. The summed E-state index contributed by atoms with van der Waals surface area (Å²) in [7, 11) is -3.13. The van der Waals surface area contributed by atoms with Crippen LogP contribution in [0.5, 0.6) is 0 Å². The van der Waals surface area contributed by atoms with Gasteiger partial charge in [-0.25, -0.2) is 0 Å². The Labute approximate surface area is 301 Å². The fourth-order valence-electron chi connectivity index (χ4n) is 4.97. The van der Waals surface area contributed by atoms with Gasteiger partial charge in [-0.1, -0.05) is 103 Å². The number of rotatable bonds is 7. The van der Waals surface area contributed by atoms with Gasteiger partial charge in [0.25, 0.3) is 0 Å². The average Bonchev–Trinajstić information content (AvgIpc) is 3.94. The molecule has 3 aromatic rings. The molecule has 20 radical (unpaired) electrons. The summed E-state index contributed by atoms with van der Waals surface area (Å²) in [6.45, 7) is 0. The number of benzene rings is 3. The standard InChI is InChI=1S/C32H25OP.2C5H5.2Fe/c33-34(29-20-6-2-7-21-29,30-22-8-3-9-23-30)32(28-18-12-13-19-28)25-24-31(27-16-10-11-17-27)26-14-4-1-5-15-26;2*1-2-4-5-3-1;;/h1-25H;2*1-5H;;/b31-24-,32-25+;;;;. The Morgan fingerprint density at radius 1 is 0.413 bits per heavy atom. The molecular weight excluding hydrogens is 663 g/mol. The van der Waals surface area contributed by atoms with Gasteiger partial charge in [0.05, 0.1) is 0 Å². The van der Waals surface area contributed by atoms with E-state index in [2.05, 4.69) is 37.1 Å². The first kappa shape index (κ1) is 38.9. The molecule has 0 bridgehead atoms. The van der Waals surface area contributed by atoms with E-state index in [1.807, 2.05) is 182 Å². The van der Waals surface area contributed by atoms with E-state index in [0.29, 0.717) is 0 Å². The van der Waals surface area contributed by atoms with E-state index >= 15 is 4.57 Å². The van der Waals surface area contributed by atoms with Crippen molar-refractivity contribution in [2.24, 2.45) is 0 Å². The first-order valence-electron chi connectivity index (χ1n) is 14.7. The minimum absolute atomic E-state index is 0. The first-order valence-corrected chi connectivity index (χ1v) is 16.4. The fourth-order valence-corrected chi connectivity index (χ4v) is 7.80. The molecule has 230 valence electrons. The summed E-state index contributed by atoms with van der Waals surface area (Å²) in [6.07, 6.45) is 40.6. The summed E-state index contributed by atoms with van der Waals surface area (Å²) >= 11 is 0. The molecule has 0 heterocycles. The van der Waals surface area contributed by atoms with E-state index in [0.717, 1.165) is 38.9 Å². The van der Waals surface area contributed by atoms with Crippen LogP contribution in [-0.2, 0) is 38.7 Å². The largest absolute Gasteiger partial charge is 0.309 e. The predicted molar refractivity (Wildman–Crippen MR) is 186 cm³/mol. The topological polar surface area (TPSA) is 17.1 Å². The van der Waals surface area contributed by atoms with Gasteiger partial charge < -0.3 is 4.57 Å². The van der Waals surface area contributed by atoms with Crippen molar-refractivity contribution in [3.63, 3.8) is 0 Å². The van der Waals surface area contributed by atoms with Crippen molar-refractivity contribution in [1.82, 2.24) is 0 Å². The van der Waals surface area contributed by atoms with Crippen LogP contribution in [0.1, 0.15) is 5.56 Å². The Morgan fingerprint density at radius 2 is 0.761 bits per heavy atom. The zero-order valence-corrected chi connectivity index (χ0v) is 28.4. The summed E-state index contributed by atoms with van der Waals surface area (Å²) in [4.78, 5) is 0. The molecule has 0 N–H and O–H groups in total. The minimum Gasteiger partial charge on any atom is -0.309 e. The van der Waals surface area contributed by atoms with Gasteiger partial charge in [0.15, 0.2) is 7.14 Å². The first-order chi connectivity index (χ1) is 21.8. The van der Waals surface area contributed by atoms with E-state index in [9.17, 15) is 0 Å². The second kappa shape index (κ2) is 21.4. The molecule has 4 aliphatic rings. The molecule has 1 nitrogen and oxygen atoms in total. The molecule has 7 rings (SSSR count). The third-order valence-corrected chi connectivity index (χ3v) is 10.3. The molecule has 0 aliphatic heterocycles. The van der Waals surface area contributed by atoms with Crippen molar-refractivity contribution in [3.05, 3.63) is 241 Å². The maximum Gasteiger partial charge on any atom is 0.167 e. The predicted octanol–water partition coefficient (Wildman–Crippen LogP) is 8.82. The Balaban J connectivity index is 0.000000409. The van der Waals surface area contributed by atoms with Crippen LogP contribution in [0.3, 0.4) is 0 Å². The quantitative estimate of drug-likeness (QED) is 0.137. The second-order valence-corrected chi connectivity index (χ2v) is 12.8. The zero-order chi connectivity index (χ0) is 30.3. The molecule has 0 saturated heterocycles. The maximum atomic E-state index is 15.2. The minimum atomic E-state index is -3.13. The van der Waals surface area contributed by atoms with Crippen LogP contribution in [0.2, 0.25) is 0 Å². The van der Waals surface area contributed by atoms with Crippen LogP contribution in [-0.4, -0.2) is 0 Å². The third-order valence-electron chi connectivity index (χ3n) is 7.11. The monoisotopic (exact) mass is 698 g/mol. The Morgan fingerprint density at radius 3 is 1.15 bits per heavy atom. The summed E-state index contributed by atoms with van der Waals surface area (Å²) < 4.78 is 15.2. The SMILES string of the molecule is O=P(/C(=C/C=C(\[C]1[CH][CH][CH][CH]1)c1ccccc1)[C]1[CH][CH][CH][CH]1)(c1ccccc1)c1ccccc1.[CH]1[CH][CH][CH][CH]1.[CH]1[CH][CH][CH][CH]1.[Fe].[Fe]. The van der Waals surface area contributed by atoms with E-state index in [1.165, 1.54) is 0 Å². The average molecular weight is 698 g/mol. The molecule has 0 aromatic heterocycles. The van der Waals surface area contributed by atoms with Gasteiger partial charge in [-0.3, -0.25) is 0 Å². The molecular formula is C42H35Fe2OP. The van der Waals surface area contributed by atoms with Gasteiger partial charge in [0, 0.05) is 61.9 Å². The van der Waals surface area contributed by atoms with Crippen LogP contribution in [0.4, 0.5) is 0 Å². The van der Waals surface area contributed by atoms with E-state index < -0.39 is 7.14 Å². The van der Waals surface area contributed by atoms with Crippen molar-refractivity contribution in [2.75, 3.05) is 0 Å². The van der Waals surface area contributed by atoms with Gasteiger partial charge in [0.1, 0.15) is 0 Å². The third kappa shape index (κ3) is 11.0. The van der Waals surface area contributed by atoms with Crippen molar-refractivity contribution in [3.8, 4) is 0 Å². The molecule has 4 fully saturated rings. The number of hydrogen-bond donors (Lipinski definition) is 0. The van der Waals surface area contributed by atoms with Crippen molar-refractivity contribution in [1.29, 1.82) is 0 Å². The number of allylic oxidation sites excluding steroid dienone is 4. The molecule has 0 amide bonds. The van der Waals surface area contributed by atoms with Crippen LogP contribution in [0, 0.1) is 127 Å². The smallest absolute Gasteiger partial charge is 0.167 e. The summed E-state index contributed by atoms with van der Waals surface area (Å²) in [5.74, 6) is 2.11. The maximum absolute atomic E-state index is 15.2. The molecule has 3 aromatic carbocycles. The van der Waals surface area contributed by atoms with Gasteiger partial charge in [0.2, 0.25) is 0 Å². The molecule has 46 heavy (non-hydrogen) atoms. The van der Waals surface area contributed by atoms with Gasteiger partial charge >= 0.3 is 0 Å². The fraction of sp³-hybridized carbons (Fsp3) is 0. The Bertz CT molecular complexity index is 1260. The Kier molecular flexibility index (Phi) is 18.1. The molecule has 0 spiro atoms. The van der Waals surface area contributed by atoms with Gasteiger partial charge in [-0.05, 0) is 127 Å². The molecule has 4 heteroatoms. The molecule has 4 saturated carbocycles. The molecule has 4 aliphatic carbocycles. The van der Waals surface area contributed by atoms with E-state index in [1.54, 1.807) is 0 Å². The summed E-state index contributed by atoms with van der Waals surface area (Å²) in [5.41, 5.74) is 2.23. The zero-order valence-electron chi connectivity index (χ0n) is 25.3. The van der Waals surface area contributed by atoms with E-state index in [-0.39, 0.29) is 34.1 Å². The van der Waals surface area contributed by atoms with Crippen molar-refractivity contribution >= 4 is 23.3 Å². The normalized spacial score (nSPS) is 18.9. The van der Waals surface area contributed by atoms with Crippen LogP contribution < -0.4 is 10.6 Å². The van der Waals surface area contributed by atoms with Gasteiger partial charge in [-0.15, -0.1) is 0 Å².